The molecule has 1 N–H and O–H groups in total. The lowest BCUT2D eigenvalue weighted by Crippen LogP contribution is -2.41. The van der Waals surface area contributed by atoms with Crippen LogP contribution in [-0.4, -0.2) is 67.5 Å². The number of anilines is 1. The minimum atomic E-state index is -0.724. The first kappa shape index (κ1) is 19.5. The molecule has 2 aromatic heterocycles. The first-order chi connectivity index (χ1) is 13.5. The molecular weight excluding hydrogens is 370 g/mol. The highest BCUT2D eigenvalue weighted by Crippen LogP contribution is 2.23. The van der Waals surface area contributed by atoms with Gasteiger partial charge in [-0.2, -0.15) is 10.2 Å². The smallest absolute Gasteiger partial charge is 0.320 e. The molecule has 28 heavy (non-hydrogen) atoms. The van der Waals surface area contributed by atoms with Gasteiger partial charge in [0.25, 0.3) is 11.8 Å². The van der Waals surface area contributed by atoms with Gasteiger partial charge in [0.15, 0.2) is 0 Å². The number of nitrogens with zero attached hydrogens (tertiary/aromatic N) is 6. The van der Waals surface area contributed by atoms with Gasteiger partial charge in [-0.25, -0.2) is 0 Å². The van der Waals surface area contributed by atoms with Crippen molar-refractivity contribution in [3.05, 3.63) is 33.9 Å². The number of hydrogen-bond donors (Lipinski definition) is 1. The Morgan fingerprint density at radius 2 is 1.75 bits per heavy atom. The monoisotopic (exact) mass is 391 g/mol. The zero-order valence-electron chi connectivity index (χ0n) is 15.6. The number of morpholine rings is 1. The van der Waals surface area contributed by atoms with Crippen molar-refractivity contribution in [2.24, 2.45) is 0 Å². The lowest BCUT2D eigenvalue weighted by molar-refractivity contribution is -0.385. The number of nitrogens with one attached hydrogen (secondary N) is 1. The summed E-state index contributed by atoms with van der Waals surface area (Å²) in [5.41, 5.74) is -0.158. The van der Waals surface area contributed by atoms with E-state index in [1.54, 1.807) is 11.8 Å². The SMILES string of the molecule is CCn1ncc(NC(=O)c2c([N+](=O)[O-])cnn2CC)c1C(=O)N1CCOCC1. The van der Waals surface area contributed by atoms with E-state index in [9.17, 15) is 19.7 Å². The van der Waals surface area contributed by atoms with Gasteiger partial charge in [0.1, 0.15) is 11.9 Å². The fraction of sp³-hybridized carbons (Fsp3) is 0.500. The second-order valence-electron chi connectivity index (χ2n) is 6.03. The van der Waals surface area contributed by atoms with Crippen molar-refractivity contribution in [3.63, 3.8) is 0 Å². The van der Waals surface area contributed by atoms with Gasteiger partial charge in [-0.1, -0.05) is 0 Å². The number of hydrogen-bond acceptors (Lipinski definition) is 7. The Morgan fingerprint density at radius 3 is 2.36 bits per heavy atom. The zero-order chi connectivity index (χ0) is 20.3. The number of carbonyl (C=O) groups is 2. The molecule has 0 atom stereocenters. The average Bonchev–Trinajstić information content (AvgIpc) is 3.31. The van der Waals surface area contributed by atoms with Gasteiger partial charge >= 0.3 is 5.69 Å². The molecule has 0 unspecified atom stereocenters. The molecule has 3 rings (SSSR count). The molecule has 0 spiro atoms. The second-order valence-corrected chi connectivity index (χ2v) is 6.03. The van der Waals surface area contributed by atoms with Crippen molar-refractivity contribution in [1.82, 2.24) is 24.5 Å². The topological polar surface area (TPSA) is 137 Å². The van der Waals surface area contributed by atoms with E-state index < -0.39 is 16.5 Å². The molecule has 1 aliphatic rings. The van der Waals surface area contributed by atoms with Crippen LogP contribution in [0.15, 0.2) is 12.4 Å². The summed E-state index contributed by atoms with van der Waals surface area (Å²) in [4.78, 5) is 37.9. The van der Waals surface area contributed by atoms with Gasteiger partial charge in [-0.15, -0.1) is 0 Å². The van der Waals surface area contributed by atoms with Crippen molar-refractivity contribution in [2.45, 2.75) is 26.9 Å². The van der Waals surface area contributed by atoms with Gasteiger partial charge in [0.05, 0.1) is 30.0 Å². The fourth-order valence-corrected chi connectivity index (χ4v) is 3.02. The van der Waals surface area contributed by atoms with Crippen molar-refractivity contribution in [3.8, 4) is 0 Å². The van der Waals surface area contributed by atoms with Crippen molar-refractivity contribution in [1.29, 1.82) is 0 Å². The van der Waals surface area contributed by atoms with Crippen LogP contribution in [-0.2, 0) is 17.8 Å². The molecule has 0 aliphatic carbocycles. The summed E-state index contributed by atoms with van der Waals surface area (Å²) in [6.45, 7) is 6.01. The maximum atomic E-state index is 13.0. The highest BCUT2D eigenvalue weighted by atomic mass is 16.6. The van der Waals surface area contributed by atoms with Crippen LogP contribution in [0, 0.1) is 10.1 Å². The van der Waals surface area contributed by atoms with Crippen LogP contribution < -0.4 is 5.32 Å². The minimum Gasteiger partial charge on any atom is -0.378 e. The Balaban J connectivity index is 1.92. The number of nitro groups is 1. The molecule has 0 bridgehead atoms. The first-order valence-electron chi connectivity index (χ1n) is 8.92. The van der Waals surface area contributed by atoms with Gasteiger partial charge in [0, 0.05) is 26.2 Å². The number of rotatable bonds is 6. The van der Waals surface area contributed by atoms with Gasteiger partial charge in [-0.3, -0.25) is 29.1 Å². The Morgan fingerprint density at radius 1 is 1.14 bits per heavy atom. The fourth-order valence-electron chi connectivity index (χ4n) is 3.02. The van der Waals surface area contributed by atoms with E-state index in [1.165, 1.54) is 15.6 Å². The van der Waals surface area contributed by atoms with Crippen LogP contribution >= 0.6 is 0 Å². The van der Waals surface area contributed by atoms with Crippen molar-refractivity contribution in [2.75, 3.05) is 31.6 Å². The predicted octanol–water partition coefficient (Wildman–Crippen LogP) is 0.752. The molecule has 12 heteroatoms. The van der Waals surface area contributed by atoms with E-state index in [2.05, 4.69) is 15.5 Å². The van der Waals surface area contributed by atoms with Crippen molar-refractivity contribution < 1.29 is 19.2 Å². The molecule has 1 fully saturated rings. The molecule has 1 saturated heterocycles. The van der Waals surface area contributed by atoms with Crippen LogP contribution in [0.3, 0.4) is 0 Å². The third-order valence-electron chi connectivity index (χ3n) is 4.42. The Bertz CT molecular complexity index is 897. The van der Waals surface area contributed by atoms with Gasteiger partial charge in [0.2, 0.25) is 5.69 Å². The van der Waals surface area contributed by atoms with Crippen LogP contribution in [0.2, 0.25) is 0 Å². The van der Waals surface area contributed by atoms with Crippen LogP contribution in [0.1, 0.15) is 34.8 Å². The van der Waals surface area contributed by atoms with Crippen LogP contribution in [0.4, 0.5) is 11.4 Å². The summed E-state index contributed by atoms with van der Waals surface area (Å²) >= 11 is 0. The average molecular weight is 391 g/mol. The number of aryl methyl sites for hydroxylation is 2. The number of carbonyl (C=O) groups excluding carboxylic acids is 2. The highest BCUT2D eigenvalue weighted by molar-refractivity contribution is 6.09. The normalized spacial score (nSPS) is 14.1. The number of amides is 2. The van der Waals surface area contributed by atoms with E-state index in [0.29, 0.717) is 32.8 Å². The minimum absolute atomic E-state index is 0.179. The molecule has 0 radical (unpaired) electrons. The Kier molecular flexibility index (Phi) is 5.68. The molecule has 2 aromatic rings. The lowest BCUT2D eigenvalue weighted by atomic mass is 10.2. The maximum absolute atomic E-state index is 13.0. The quantitative estimate of drug-likeness (QED) is 0.566. The highest BCUT2D eigenvalue weighted by Gasteiger charge is 2.30. The summed E-state index contributed by atoms with van der Waals surface area (Å²) in [7, 11) is 0. The van der Waals surface area contributed by atoms with Crippen LogP contribution in [0.25, 0.3) is 0 Å². The summed E-state index contributed by atoms with van der Waals surface area (Å²) in [6.07, 6.45) is 2.40. The van der Waals surface area contributed by atoms with E-state index >= 15 is 0 Å². The van der Waals surface area contributed by atoms with Gasteiger partial charge in [-0.05, 0) is 13.8 Å². The van der Waals surface area contributed by atoms with E-state index in [0.717, 1.165) is 6.20 Å². The molecule has 1 aliphatic heterocycles. The largest absolute Gasteiger partial charge is 0.378 e. The maximum Gasteiger partial charge on any atom is 0.320 e. The van der Waals surface area contributed by atoms with E-state index in [-0.39, 0.29) is 29.5 Å². The molecular formula is C16H21N7O5. The zero-order valence-corrected chi connectivity index (χ0v) is 15.6. The first-order valence-corrected chi connectivity index (χ1v) is 8.92. The summed E-state index contributed by atoms with van der Waals surface area (Å²) < 4.78 is 7.99. The molecule has 2 amide bonds. The Labute approximate surface area is 160 Å². The standard InChI is InChI=1S/C16H21N7O5/c1-3-21-13(16(25)20-5-7-28-8-6-20)11(9-17-21)19-15(24)14-12(23(26)27)10-18-22(14)4-2/h9-10H,3-8H2,1-2H3,(H,19,24). The van der Waals surface area contributed by atoms with Gasteiger partial charge < -0.3 is 15.0 Å². The predicted molar refractivity (Wildman–Crippen MR) is 97.1 cm³/mol. The van der Waals surface area contributed by atoms with Crippen molar-refractivity contribution >= 4 is 23.2 Å². The molecule has 0 aromatic carbocycles. The second kappa shape index (κ2) is 8.17. The third-order valence-corrected chi connectivity index (χ3v) is 4.42. The number of ether oxygens (including phenoxy) is 1. The summed E-state index contributed by atoms with van der Waals surface area (Å²) in [5, 5.41) is 21.8. The third kappa shape index (κ3) is 3.58. The molecule has 150 valence electrons. The molecule has 12 nitrogen and oxygen atoms in total. The van der Waals surface area contributed by atoms with E-state index in [1.807, 2.05) is 6.92 Å². The molecule has 3 heterocycles. The lowest BCUT2D eigenvalue weighted by Gasteiger charge is -2.27. The van der Waals surface area contributed by atoms with Crippen LogP contribution in [0.5, 0.6) is 0 Å². The van der Waals surface area contributed by atoms with E-state index in [4.69, 9.17) is 4.74 Å². The number of aromatic nitrogens is 4. The summed E-state index contributed by atoms with van der Waals surface area (Å²) in [6, 6.07) is 0. The molecule has 0 saturated carbocycles. The Hall–Kier alpha value is -3.28. The summed E-state index contributed by atoms with van der Waals surface area (Å²) in [5.74, 6) is -1.01.